The first-order valence-corrected chi connectivity index (χ1v) is 5.61. The summed E-state index contributed by atoms with van der Waals surface area (Å²) in [6.07, 6.45) is 1.80. The molecule has 0 aliphatic heterocycles. The molecule has 1 rings (SSSR count). The van der Waals surface area contributed by atoms with Crippen LogP contribution in [0.4, 0.5) is 4.39 Å². The van der Waals surface area contributed by atoms with E-state index >= 15 is 0 Å². The van der Waals surface area contributed by atoms with Crippen molar-refractivity contribution in [1.29, 1.82) is 0 Å². The first kappa shape index (κ1) is 13.0. The van der Waals surface area contributed by atoms with Gasteiger partial charge < -0.3 is 10.5 Å². The molecule has 0 saturated carbocycles. The molecule has 3 heteroatoms. The molecule has 2 nitrogen and oxygen atoms in total. The van der Waals surface area contributed by atoms with E-state index in [0.29, 0.717) is 11.7 Å². The number of nitrogens with two attached hydrogens (primary N) is 1. The summed E-state index contributed by atoms with van der Waals surface area (Å²) in [6.45, 7) is 4.12. The van der Waals surface area contributed by atoms with Crippen LogP contribution in [0.3, 0.4) is 0 Å². The van der Waals surface area contributed by atoms with Crippen molar-refractivity contribution in [3.8, 4) is 5.75 Å². The van der Waals surface area contributed by atoms with Crippen LogP contribution in [0.2, 0.25) is 0 Å². The highest BCUT2D eigenvalue weighted by Gasteiger charge is 2.09. The van der Waals surface area contributed by atoms with Crippen LogP contribution in [0, 0.1) is 11.7 Å². The molecule has 0 saturated heterocycles. The van der Waals surface area contributed by atoms with Crippen molar-refractivity contribution < 1.29 is 9.13 Å². The van der Waals surface area contributed by atoms with Gasteiger partial charge in [0.05, 0.1) is 7.11 Å². The van der Waals surface area contributed by atoms with Crippen molar-refractivity contribution in [3.05, 3.63) is 29.6 Å². The fourth-order valence-corrected chi connectivity index (χ4v) is 1.96. The van der Waals surface area contributed by atoms with Crippen LogP contribution in [0.1, 0.15) is 25.8 Å². The Morgan fingerprint density at radius 3 is 2.56 bits per heavy atom. The van der Waals surface area contributed by atoms with Gasteiger partial charge in [-0.25, -0.2) is 4.39 Å². The summed E-state index contributed by atoms with van der Waals surface area (Å²) in [6, 6.07) is 5.30. The van der Waals surface area contributed by atoms with Gasteiger partial charge in [-0.3, -0.25) is 0 Å². The second-order valence-electron chi connectivity index (χ2n) is 4.49. The summed E-state index contributed by atoms with van der Waals surface area (Å²) in [5, 5.41) is 0. The highest BCUT2D eigenvalue weighted by molar-refractivity contribution is 5.29. The number of benzene rings is 1. The van der Waals surface area contributed by atoms with Crippen LogP contribution < -0.4 is 10.5 Å². The molecule has 1 aromatic rings. The predicted molar refractivity (Wildman–Crippen MR) is 64.1 cm³/mol. The molecule has 2 atom stereocenters. The molecule has 0 aliphatic rings. The molecule has 0 aliphatic carbocycles. The summed E-state index contributed by atoms with van der Waals surface area (Å²) < 4.78 is 18.3. The highest BCUT2D eigenvalue weighted by Crippen LogP contribution is 2.20. The number of halogens is 1. The number of hydrogen-bond donors (Lipinski definition) is 1. The molecular formula is C13H20FNO. The van der Waals surface area contributed by atoms with Crippen LogP contribution in [0.15, 0.2) is 18.2 Å². The van der Waals surface area contributed by atoms with E-state index in [2.05, 4.69) is 6.92 Å². The first-order chi connectivity index (χ1) is 7.52. The van der Waals surface area contributed by atoms with Gasteiger partial charge in [0, 0.05) is 6.04 Å². The molecular weight excluding hydrogens is 205 g/mol. The molecule has 0 fully saturated rings. The predicted octanol–water partition coefficient (Wildman–Crippen LogP) is 2.75. The lowest BCUT2D eigenvalue weighted by molar-refractivity contribution is 0.385. The average Bonchev–Trinajstić information content (AvgIpc) is 2.16. The fourth-order valence-electron chi connectivity index (χ4n) is 1.96. The normalized spacial score (nSPS) is 14.6. The molecule has 0 aromatic heterocycles. The van der Waals surface area contributed by atoms with E-state index in [4.69, 9.17) is 10.5 Å². The van der Waals surface area contributed by atoms with E-state index in [-0.39, 0.29) is 11.9 Å². The molecule has 0 amide bonds. The maximum Gasteiger partial charge on any atom is 0.165 e. The third-order valence-electron chi connectivity index (χ3n) is 2.57. The number of rotatable bonds is 5. The van der Waals surface area contributed by atoms with Gasteiger partial charge in [-0.2, -0.15) is 0 Å². The number of ether oxygens (including phenoxy) is 1. The zero-order valence-electron chi connectivity index (χ0n) is 10.2. The van der Waals surface area contributed by atoms with Crippen LogP contribution in [0.5, 0.6) is 5.75 Å². The standard InChI is InChI=1S/C13H20FNO/c1-9(6-10(2)15)7-11-4-5-13(16-3)12(14)8-11/h4-5,8-10H,6-7,15H2,1-3H3. The van der Waals surface area contributed by atoms with Crippen molar-refractivity contribution in [2.45, 2.75) is 32.7 Å². The Balaban J connectivity index is 2.64. The third-order valence-corrected chi connectivity index (χ3v) is 2.57. The second-order valence-corrected chi connectivity index (χ2v) is 4.49. The van der Waals surface area contributed by atoms with Crippen LogP contribution >= 0.6 is 0 Å². The minimum absolute atomic E-state index is 0.193. The zero-order chi connectivity index (χ0) is 12.1. The molecule has 0 heterocycles. The van der Waals surface area contributed by atoms with E-state index < -0.39 is 0 Å². The minimum Gasteiger partial charge on any atom is -0.494 e. The number of methoxy groups -OCH3 is 1. The van der Waals surface area contributed by atoms with Gasteiger partial charge in [-0.05, 0) is 43.4 Å². The molecule has 90 valence electrons. The van der Waals surface area contributed by atoms with Crippen LogP contribution in [0.25, 0.3) is 0 Å². The quantitative estimate of drug-likeness (QED) is 0.836. The SMILES string of the molecule is COc1ccc(CC(C)CC(C)N)cc1F. The smallest absolute Gasteiger partial charge is 0.165 e. The summed E-state index contributed by atoms with van der Waals surface area (Å²) in [7, 11) is 1.47. The fraction of sp³-hybridized carbons (Fsp3) is 0.538. The Hall–Kier alpha value is -1.09. The minimum atomic E-state index is -0.298. The summed E-state index contributed by atoms with van der Waals surface area (Å²) in [4.78, 5) is 0. The van der Waals surface area contributed by atoms with Crippen molar-refractivity contribution in [2.75, 3.05) is 7.11 Å². The summed E-state index contributed by atoms with van der Waals surface area (Å²) in [5.74, 6) is 0.462. The Kier molecular flexibility index (Phi) is 4.74. The Morgan fingerprint density at radius 1 is 1.38 bits per heavy atom. The van der Waals surface area contributed by atoms with E-state index in [1.54, 1.807) is 6.07 Å². The van der Waals surface area contributed by atoms with Gasteiger partial charge in [0.15, 0.2) is 11.6 Å². The van der Waals surface area contributed by atoms with Gasteiger partial charge in [-0.1, -0.05) is 13.0 Å². The van der Waals surface area contributed by atoms with Gasteiger partial charge in [-0.15, -0.1) is 0 Å². The lowest BCUT2D eigenvalue weighted by atomic mass is 9.95. The van der Waals surface area contributed by atoms with Gasteiger partial charge in [0.2, 0.25) is 0 Å². The van der Waals surface area contributed by atoms with Crippen LogP contribution in [-0.4, -0.2) is 13.2 Å². The second kappa shape index (κ2) is 5.85. The van der Waals surface area contributed by atoms with Crippen molar-refractivity contribution >= 4 is 0 Å². The lowest BCUT2D eigenvalue weighted by Gasteiger charge is -2.14. The molecule has 1 aromatic carbocycles. The average molecular weight is 225 g/mol. The molecule has 2 N–H and O–H groups in total. The van der Waals surface area contributed by atoms with Gasteiger partial charge in [0.1, 0.15) is 0 Å². The number of hydrogen-bond acceptors (Lipinski definition) is 2. The summed E-state index contributed by atoms with van der Waals surface area (Å²) in [5.41, 5.74) is 6.72. The van der Waals surface area contributed by atoms with E-state index in [1.807, 2.05) is 13.0 Å². The van der Waals surface area contributed by atoms with Crippen molar-refractivity contribution in [1.82, 2.24) is 0 Å². The lowest BCUT2D eigenvalue weighted by Crippen LogP contribution is -2.19. The van der Waals surface area contributed by atoms with E-state index in [1.165, 1.54) is 13.2 Å². The molecule has 0 spiro atoms. The maximum atomic E-state index is 13.4. The summed E-state index contributed by atoms with van der Waals surface area (Å²) >= 11 is 0. The largest absolute Gasteiger partial charge is 0.494 e. The molecule has 0 radical (unpaired) electrons. The van der Waals surface area contributed by atoms with Crippen LogP contribution in [-0.2, 0) is 6.42 Å². The first-order valence-electron chi connectivity index (χ1n) is 5.61. The van der Waals surface area contributed by atoms with E-state index in [9.17, 15) is 4.39 Å². The van der Waals surface area contributed by atoms with Gasteiger partial charge >= 0.3 is 0 Å². The zero-order valence-corrected chi connectivity index (χ0v) is 10.2. The Bertz CT molecular complexity index is 339. The monoisotopic (exact) mass is 225 g/mol. The molecule has 16 heavy (non-hydrogen) atoms. The Morgan fingerprint density at radius 2 is 2.06 bits per heavy atom. The maximum absolute atomic E-state index is 13.4. The molecule has 2 unspecified atom stereocenters. The third kappa shape index (κ3) is 3.81. The van der Waals surface area contributed by atoms with Crippen molar-refractivity contribution in [2.24, 2.45) is 11.7 Å². The molecule has 0 bridgehead atoms. The van der Waals surface area contributed by atoms with E-state index in [0.717, 1.165) is 18.4 Å². The van der Waals surface area contributed by atoms with Gasteiger partial charge in [0.25, 0.3) is 0 Å². The highest BCUT2D eigenvalue weighted by atomic mass is 19.1. The topological polar surface area (TPSA) is 35.2 Å². The Labute approximate surface area is 96.6 Å². The van der Waals surface area contributed by atoms with Crippen molar-refractivity contribution in [3.63, 3.8) is 0 Å².